The Morgan fingerprint density at radius 3 is 2.48 bits per heavy atom. The molecule has 0 bridgehead atoms. The van der Waals surface area contributed by atoms with Gasteiger partial charge in [0, 0.05) is 29.6 Å². The lowest BCUT2D eigenvalue weighted by Gasteiger charge is -2.10. The quantitative estimate of drug-likeness (QED) is 0.194. The van der Waals surface area contributed by atoms with Crippen LogP contribution in [0.5, 0.6) is 0 Å². The second kappa shape index (κ2) is 9.25. The molecule has 2 N–H and O–H groups in total. The molecule has 3 aromatic rings. The van der Waals surface area contributed by atoms with Crippen molar-refractivity contribution in [3.63, 3.8) is 0 Å². The maximum atomic E-state index is 12.7. The van der Waals surface area contributed by atoms with Crippen molar-refractivity contribution in [2.75, 3.05) is 12.3 Å². The van der Waals surface area contributed by atoms with Gasteiger partial charge in [0.1, 0.15) is 5.69 Å². The molecule has 0 aliphatic heterocycles. The van der Waals surface area contributed by atoms with Gasteiger partial charge in [-0.3, -0.25) is 14.9 Å². The summed E-state index contributed by atoms with van der Waals surface area (Å²) in [5, 5.41) is 11.0. The first-order valence-electron chi connectivity index (χ1n) is 9.73. The number of nitro groups is 1. The van der Waals surface area contributed by atoms with E-state index in [1.807, 2.05) is 32.0 Å². The predicted octanol–water partition coefficient (Wildman–Crippen LogP) is 3.88. The van der Waals surface area contributed by atoms with Gasteiger partial charge in [-0.2, -0.15) is 0 Å². The highest BCUT2D eigenvalue weighted by molar-refractivity contribution is 6.00. The number of ketones is 1. The van der Waals surface area contributed by atoms with E-state index < -0.39 is 17.5 Å². The van der Waals surface area contributed by atoms with Crippen molar-refractivity contribution in [1.29, 1.82) is 0 Å². The van der Waals surface area contributed by atoms with Crippen molar-refractivity contribution in [3.05, 3.63) is 92.8 Å². The van der Waals surface area contributed by atoms with Crippen LogP contribution in [0.25, 0.3) is 0 Å². The van der Waals surface area contributed by atoms with Crippen molar-refractivity contribution >= 4 is 23.1 Å². The number of nitrogen functional groups attached to an aromatic ring is 1. The lowest BCUT2D eigenvalue weighted by atomic mass is 10.1. The largest absolute Gasteiger partial charge is 0.454 e. The zero-order valence-electron chi connectivity index (χ0n) is 17.3. The Kier molecular flexibility index (Phi) is 6.49. The van der Waals surface area contributed by atoms with Gasteiger partial charge in [-0.1, -0.05) is 30.3 Å². The lowest BCUT2D eigenvalue weighted by molar-refractivity contribution is -0.383. The van der Waals surface area contributed by atoms with Crippen molar-refractivity contribution < 1.29 is 19.2 Å². The molecule has 160 valence electrons. The molecule has 0 aliphatic rings. The van der Waals surface area contributed by atoms with E-state index in [0.29, 0.717) is 5.56 Å². The summed E-state index contributed by atoms with van der Waals surface area (Å²) in [6.45, 7) is 4.05. The first kappa shape index (κ1) is 21.8. The van der Waals surface area contributed by atoms with Crippen molar-refractivity contribution in [2.45, 2.75) is 26.8 Å². The van der Waals surface area contributed by atoms with Crippen LogP contribution in [0.3, 0.4) is 0 Å². The Labute approximate surface area is 179 Å². The molecule has 2 aromatic carbocycles. The van der Waals surface area contributed by atoms with Gasteiger partial charge in [0.15, 0.2) is 6.61 Å². The normalized spacial score (nSPS) is 10.6. The summed E-state index contributed by atoms with van der Waals surface area (Å²) in [7, 11) is 0. The van der Waals surface area contributed by atoms with Crippen LogP contribution in [-0.4, -0.2) is 27.8 Å². The van der Waals surface area contributed by atoms with Gasteiger partial charge in [0.05, 0.1) is 10.5 Å². The fourth-order valence-electron chi connectivity index (χ4n) is 3.43. The summed E-state index contributed by atoms with van der Waals surface area (Å²) in [5.74, 6) is -1.16. The van der Waals surface area contributed by atoms with Gasteiger partial charge in [-0.15, -0.1) is 0 Å². The fraction of sp³-hybridized carbons (Fsp3) is 0.217. The summed E-state index contributed by atoms with van der Waals surface area (Å²) in [6, 6.07) is 15.5. The minimum atomic E-state index is -0.825. The zero-order valence-corrected chi connectivity index (χ0v) is 17.3. The Hall–Kier alpha value is -3.94. The monoisotopic (exact) mass is 421 g/mol. The highest BCUT2D eigenvalue weighted by Gasteiger charge is 2.20. The van der Waals surface area contributed by atoms with Crippen molar-refractivity contribution in [1.82, 2.24) is 4.57 Å². The van der Waals surface area contributed by atoms with E-state index in [1.165, 1.54) is 17.7 Å². The summed E-state index contributed by atoms with van der Waals surface area (Å²) in [4.78, 5) is 35.2. The molecule has 3 rings (SSSR count). The zero-order chi connectivity index (χ0) is 22.5. The maximum absolute atomic E-state index is 12.7. The number of nitro benzene ring substituents is 1. The molecule has 0 unspecified atom stereocenters. The smallest absolute Gasteiger partial charge is 0.338 e. The van der Waals surface area contributed by atoms with Crippen LogP contribution in [0, 0.1) is 24.0 Å². The average Bonchev–Trinajstić information content (AvgIpc) is 3.04. The van der Waals surface area contributed by atoms with Crippen molar-refractivity contribution in [2.24, 2.45) is 0 Å². The molecule has 0 atom stereocenters. The average molecular weight is 421 g/mol. The van der Waals surface area contributed by atoms with Gasteiger partial charge in [0.2, 0.25) is 5.78 Å². The molecule has 0 saturated carbocycles. The topological polar surface area (TPSA) is 117 Å². The number of anilines is 1. The Balaban J connectivity index is 1.66. The molecule has 0 spiro atoms. The number of aryl methyl sites for hydroxylation is 2. The highest BCUT2D eigenvalue weighted by Crippen LogP contribution is 2.23. The first-order valence-corrected chi connectivity index (χ1v) is 9.73. The number of esters is 1. The van der Waals surface area contributed by atoms with Crippen molar-refractivity contribution in [3.8, 4) is 0 Å². The molecule has 0 radical (unpaired) electrons. The molecule has 1 heterocycles. The Morgan fingerprint density at radius 2 is 1.81 bits per heavy atom. The van der Waals surface area contributed by atoms with Crippen LogP contribution in [0.4, 0.5) is 11.4 Å². The predicted molar refractivity (Wildman–Crippen MR) is 116 cm³/mol. The SMILES string of the molecule is Cc1cc(C(=O)COC(=O)c2ccc(N)c([N+](=O)[O-])c2)c(C)n1CCc1ccccc1. The van der Waals surface area contributed by atoms with E-state index in [4.69, 9.17) is 10.5 Å². The standard InChI is InChI=1S/C23H23N3O5/c1-15-12-19(16(2)25(15)11-10-17-6-4-3-5-7-17)22(27)14-31-23(28)18-8-9-20(24)21(13-18)26(29)30/h3-9,12-13H,10-11,14,24H2,1-2H3. The number of nitrogens with zero attached hydrogens (tertiary/aromatic N) is 2. The summed E-state index contributed by atoms with van der Waals surface area (Å²) >= 11 is 0. The third kappa shape index (κ3) is 4.98. The van der Waals surface area contributed by atoms with Crippen LogP contribution in [0.2, 0.25) is 0 Å². The van der Waals surface area contributed by atoms with Gasteiger partial charge in [0.25, 0.3) is 5.69 Å². The maximum Gasteiger partial charge on any atom is 0.338 e. The number of benzene rings is 2. The summed E-state index contributed by atoms with van der Waals surface area (Å²) < 4.78 is 7.15. The molecule has 0 amide bonds. The Morgan fingerprint density at radius 1 is 1.10 bits per heavy atom. The molecule has 0 fully saturated rings. The van der Waals surface area contributed by atoms with Gasteiger partial charge >= 0.3 is 5.97 Å². The Bertz CT molecular complexity index is 1140. The number of carbonyl (C=O) groups excluding carboxylic acids is 2. The van der Waals surface area contributed by atoms with E-state index in [-0.39, 0.29) is 22.7 Å². The highest BCUT2D eigenvalue weighted by atomic mass is 16.6. The van der Waals surface area contributed by atoms with Crippen LogP contribution in [0.1, 0.15) is 37.7 Å². The van der Waals surface area contributed by atoms with Gasteiger partial charge in [-0.25, -0.2) is 4.79 Å². The van der Waals surface area contributed by atoms with E-state index in [0.717, 1.165) is 30.4 Å². The van der Waals surface area contributed by atoms with Gasteiger partial charge in [-0.05, 0) is 44.0 Å². The number of carbonyl (C=O) groups is 2. The second-order valence-corrected chi connectivity index (χ2v) is 7.20. The van der Waals surface area contributed by atoms with Crippen LogP contribution < -0.4 is 5.73 Å². The number of ether oxygens (including phenoxy) is 1. The van der Waals surface area contributed by atoms with Crippen LogP contribution in [0.15, 0.2) is 54.6 Å². The van der Waals surface area contributed by atoms with Gasteiger partial charge < -0.3 is 15.0 Å². The minimum absolute atomic E-state index is 0.0398. The minimum Gasteiger partial charge on any atom is -0.454 e. The number of hydrogen-bond donors (Lipinski definition) is 1. The van der Waals surface area contributed by atoms with E-state index in [9.17, 15) is 19.7 Å². The van der Waals surface area contributed by atoms with E-state index in [1.54, 1.807) is 6.07 Å². The molecule has 0 aliphatic carbocycles. The van der Waals surface area contributed by atoms with Crippen LogP contribution >= 0.6 is 0 Å². The summed E-state index contributed by atoms with van der Waals surface area (Å²) in [6.07, 6.45) is 0.829. The number of rotatable bonds is 8. The molecular formula is C23H23N3O5. The number of nitrogens with two attached hydrogens (primary N) is 1. The number of hydrogen-bond acceptors (Lipinski definition) is 6. The fourth-order valence-corrected chi connectivity index (χ4v) is 3.43. The molecule has 8 nitrogen and oxygen atoms in total. The summed E-state index contributed by atoms with van der Waals surface area (Å²) in [5.41, 5.74) is 8.49. The first-order chi connectivity index (χ1) is 14.8. The van der Waals surface area contributed by atoms with Crippen LogP contribution in [-0.2, 0) is 17.7 Å². The third-order valence-electron chi connectivity index (χ3n) is 5.14. The molecule has 1 aromatic heterocycles. The lowest BCUT2D eigenvalue weighted by Crippen LogP contribution is -2.15. The van der Waals surface area contributed by atoms with E-state index >= 15 is 0 Å². The molecule has 31 heavy (non-hydrogen) atoms. The molecule has 0 saturated heterocycles. The molecular weight excluding hydrogens is 398 g/mol. The third-order valence-corrected chi connectivity index (χ3v) is 5.14. The number of aromatic nitrogens is 1. The molecule has 8 heteroatoms. The van der Waals surface area contributed by atoms with E-state index in [2.05, 4.69) is 16.7 Å². The number of Topliss-reactive ketones (excluding diaryl/α,β-unsaturated/α-hetero) is 1. The second-order valence-electron chi connectivity index (χ2n) is 7.20.